The number of H-pyrrole nitrogens is 1. The van der Waals surface area contributed by atoms with E-state index in [1.807, 2.05) is 6.20 Å². The summed E-state index contributed by atoms with van der Waals surface area (Å²) in [6, 6.07) is 2.11. The molecule has 0 aromatic carbocycles. The minimum atomic E-state index is 0.895. The van der Waals surface area contributed by atoms with E-state index in [-0.39, 0.29) is 0 Å². The predicted octanol–water partition coefficient (Wildman–Crippen LogP) is 2.87. The fourth-order valence-corrected chi connectivity index (χ4v) is 1.61. The van der Waals surface area contributed by atoms with Gasteiger partial charge in [-0.2, -0.15) is 0 Å². The SMILES string of the molecule is CCc1cc[nH]c(=S)c1CC. The lowest BCUT2D eigenvalue weighted by Crippen LogP contribution is -1.93. The fourth-order valence-electron chi connectivity index (χ4n) is 1.27. The first-order valence-electron chi connectivity index (χ1n) is 3.99. The van der Waals surface area contributed by atoms with Crippen molar-refractivity contribution in [2.24, 2.45) is 0 Å². The topological polar surface area (TPSA) is 15.8 Å². The summed E-state index contributed by atoms with van der Waals surface area (Å²) in [6.07, 6.45) is 4.02. The van der Waals surface area contributed by atoms with Gasteiger partial charge < -0.3 is 4.98 Å². The maximum absolute atomic E-state index is 5.15. The summed E-state index contributed by atoms with van der Waals surface area (Å²) in [5.74, 6) is 0. The third kappa shape index (κ3) is 1.69. The van der Waals surface area contributed by atoms with E-state index >= 15 is 0 Å². The molecule has 1 rings (SSSR count). The Bertz CT molecular complexity index is 288. The first-order valence-corrected chi connectivity index (χ1v) is 4.39. The molecule has 1 aromatic heterocycles. The Hall–Kier alpha value is -0.630. The molecule has 1 heterocycles. The van der Waals surface area contributed by atoms with Crippen LogP contribution in [0, 0.1) is 4.64 Å². The Morgan fingerprint density at radius 1 is 1.36 bits per heavy atom. The second kappa shape index (κ2) is 3.67. The number of aryl methyl sites for hydroxylation is 1. The van der Waals surface area contributed by atoms with Crippen LogP contribution in [0.1, 0.15) is 25.0 Å². The van der Waals surface area contributed by atoms with E-state index < -0.39 is 0 Å². The third-order valence-electron chi connectivity index (χ3n) is 1.90. The van der Waals surface area contributed by atoms with E-state index in [0.717, 1.165) is 17.5 Å². The van der Waals surface area contributed by atoms with Crippen LogP contribution in [0.3, 0.4) is 0 Å². The summed E-state index contributed by atoms with van der Waals surface area (Å²) in [4.78, 5) is 3.04. The molecular weight excluding hydrogens is 154 g/mol. The van der Waals surface area contributed by atoms with Crippen LogP contribution in [0.4, 0.5) is 0 Å². The monoisotopic (exact) mass is 167 g/mol. The summed E-state index contributed by atoms with van der Waals surface area (Å²) in [7, 11) is 0. The first kappa shape index (κ1) is 8.47. The maximum Gasteiger partial charge on any atom is 0.106 e. The van der Waals surface area contributed by atoms with Crippen molar-refractivity contribution in [2.45, 2.75) is 26.7 Å². The average molecular weight is 167 g/mol. The van der Waals surface area contributed by atoms with Gasteiger partial charge in [-0.1, -0.05) is 26.1 Å². The van der Waals surface area contributed by atoms with Gasteiger partial charge in [0, 0.05) is 6.20 Å². The largest absolute Gasteiger partial charge is 0.353 e. The molecule has 1 N–H and O–H groups in total. The molecule has 0 spiro atoms. The summed E-state index contributed by atoms with van der Waals surface area (Å²) >= 11 is 5.15. The summed E-state index contributed by atoms with van der Waals surface area (Å²) in [5.41, 5.74) is 2.67. The zero-order valence-electron chi connectivity index (χ0n) is 6.98. The fraction of sp³-hybridized carbons (Fsp3) is 0.444. The molecule has 0 saturated carbocycles. The van der Waals surface area contributed by atoms with Crippen molar-refractivity contribution in [3.8, 4) is 0 Å². The van der Waals surface area contributed by atoms with Gasteiger partial charge in [0.05, 0.1) is 0 Å². The summed E-state index contributed by atoms with van der Waals surface area (Å²) in [6.45, 7) is 4.29. The second-order valence-corrected chi connectivity index (χ2v) is 2.93. The quantitative estimate of drug-likeness (QED) is 0.670. The highest BCUT2D eigenvalue weighted by molar-refractivity contribution is 7.71. The lowest BCUT2D eigenvalue weighted by molar-refractivity contribution is 1.00. The molecule has 0 aliphatic carbocycles. The van der Waals surface area contributed by atoms with Gasteiger partial charge in [-0.25, -0.2) is 0 Å². The van der Waals surface area contributed by atoms with Gasteiger partial charge in [0.1, 0.15) is 4.64 Å². The van der Waals surface area contributed by atoms with Gasteiger partial charge in [0.15, 0.2) is 0 Å². The highest BCUT2D eigenvalue weighted by atomic mass is 32.1. The Labute approximate surface area is 72.5 Å². The molecule has 0 saturated heterocycles. The van der Waals surface area contributed by atoms with Gasteiger partial charge >= 0.3 is 0 Å². The Balaban J connectivity index is 3.24. The van der Waals surface area contributed by atoms with Crippen LogP contribution >= 0.6 is 12.2 Å². The van der Waals surface area contributed by atoms with Crippen LogP contribution in [-0.4, -0.2) is 4.98 Å². The number of hydrogen-bond donors (Lipinski definition) is 1. The van der Waals surface area contributed by atoms with Gasteiger partial charge in [0.25, 0.3) is 0 Å². The third-order valence-corrected chi connectivity index (χ3v) is 2.26. The molecule has 60 valence electrons. The molecular formula is C9H13NS. The predicted molar refractivity (Wildman–Crippen MR) is 50.4 cm³/mol. The highest BCUT2D eigenvalue weighted by Gasteiger charge is 1.98. The first-order chi connectivity index (χ1) is 5.29. The van der Waals surface area contributed by atoms with Crippen LogP contribution in [0.25, 0.3) is 0 Å². The van der Waals surface area contributed by atoms with Gasteiger partial charge in [-0.15, -0.1) is 0 Å². The van der Waals surface area contributed by atoms with E-state index in [4.69, 9.17) is 12.2 Å². The maximum atomic E-state index is 5.15. The molecule has 0 aliphatic rings. The number of aromatic amines is 1. The van der Waals surface area contributed by atoms with Crippen molar-refractivity contribution in [3.05, 3.63) is 28.0 Å². The van der Waals surface area contributed by atoms with Crippen LogP contribution in [0.5, 0.6) is 0 Å². The molecule has 0 bridgehead atoms. The van der Waals surface area contributed by atoms with Gasteiger partial charge in [0.2, 0.25) is 0 Å². The molecule has 0 unspecified atom stereocenters. The van der Waals surface area contributed by atoms with E-state index in [1.165, 1.54) is 11.1 Å². The van der Waals surface area contributed by atoms with Crippen molar-refractivity contribution in [2.75, 3.05) is 0 Å². The average Bonchev–Trinajstić information content (AvgIpc) is 2.04. The van der Waals surface area contributed by atoms with Crippen LogP contribution < -0.4 is 0 Å². The van der Waals surface area contributed by atoms with Crippen molar-refractivity contribution in [1.29, 1.82) is 0 Å². The molecule has 11 heavy (non-hydrogen) atoms. The van der Waals surface area contributed by atoms with E-state index in [0.29, 0.717) is 0 Å². The zero-order valence-corrected chi connectivity index (χ0v) is 7.79. The smallest absolute Gasteiger partial charge is 0.106 e. The van der Waals surface area contributed by atoms with E-state index in [9.17, 15) is 0 Å². The number of pyridine rings is 1. The van der Waals surface area contributed by atoms with Crippen molar-refractivity contribution in [3.63, 3.8) is 0 Å². The molecule has 1 nitrogen and oxygen atoms in total. The van der Waals surface area contributed by atoms with Gasteiger partial charge in [-0.3, -0.25) is 0 Å². The standard InChI is InChI=1S/C9H13NS/c1-3-7-5-6-10-9(11)8(7)4-2/h5-6H,3-4H2,1-2H3,(H,10,11). The molecule has 0 fully saturated rings. The van der Waals surface area contributed by atoms with Gasteiger partial charge in [-0.05, 0) is 30.0 Å². The molecule has 0 aliphatic heterocycles. The van der Waals surface area contributed by atoms with Crippen molar-refractivity contribution in [1.82, 2.24) is 4.98 Å². The van der Waals surface area contributed by atoms with Crippen LogP contribution in [0.15, 0.2) is 12.3 Å². The lowest BCUT2D eigenvalue weighted by Gasteiger charge is -2.03. The summed E-state index contributed by atoms with van der Waals surface area (Å²) in [5, 5.41) is 0. The summed E-state index contributed by atoms with van der Waals surface area (Å²) < 4.78 is 0.895. The Morgan fingerprint density at radius 2 is 2.09 bits per heavy atom. The van der Waals surface area contributed by atoms with E-state index in [1.54, 1.807) is 0 Å². The number of hydrogen-bond acceptors (Lipinski definition) is 1. The second-order valence-electron chi connectivity index (χ2n) is 2.52. The minimum Gasteiger partial charge on any atom is -0.353 e. The van der Waals surface area contributed by atoms with Crippen LogP contribution in [0.2, 0.25) is 0 Å². The Kier molecular flexibility index (Phi) is 2.83. The minimum absolute atomic E-state index is 0.895. The van der Waals surface area contributed by atoms with Crippen molar-refractivity contribution < 1.29 is 0 Å². The van der Waals surface area contributed by atoms with Crippen LogP contribution in [-0.2, 0) is 12.8 Å². The molecule has 0 radical (unpaired) electrons. The molecule has 0 atom stereocenters. The highest BCUT2D eigenvalue weighted by Crippen LogP contribution is 2.09. The van der Waals surface area contributed by atoms with Crippen molar-refractivity contribution >= 4 is 12.2 Å². The molecule has 0 amide bonds. The molecule has 1 aromatic rings. The van der Waals surface area contributed by atoms with E-state index in [2.05, 4.69) is 24.9 Å². The number of aromatic nitrogens is 1. The Morgan fingerprint density at radius 3 is 2.55 bits per heavy atom. The normalized spacial score (nSPS) is 10.0. The number of nitrogens with one attached hydrogen (secondary N) is 1. The zero-order chi connectivity index (χ0) is 8.27. The lowest BCUT2D eigenvalue weighted by atomic mass is 10.1. The number of rotatable bonds is 2. The molecule has 2 heteroatoms.